The molecule has 0 aliphatic rings. The van der Waals surface area contributed by atoms with E-state index in [0.29, 0.717) is 23.0 Å². The molecule has 0 radical (unpaired) electrons. The lowest BCUT2D eigenvalue weighted by atomic mass is 10.0. The topological polar surface area (TPSA) is 99.8 Å². The SMILES string of the molecule is C=CC(=O)Nc1cccc(-c2cnc3[nH]cc(-c4ccc(C(=O)Nc5ccc(C(C)C)cn5)cc4)c3c2)c1. The van der Waals surface area contributed by atoms with Crippen LogP contribution in [0.1, 0.15) is 35.7 Å². The Hall–Kier alpha value is -5.04. The van der Waals surface area contributed by atoms with Crippen LogP contribution in [-0.2, 0) is 4.79 Å². The molecule has 7 nitrogen and oxygen atoms in total. The second-order valence-electron chi connectivity index (χ2n) is 9.26. The van der Waals surface area contributed by atoms with Crippen molar-refractivity contribution in [2.45, 2.75) is 19.8 Å². The van der Waals surface area contributed by atoms with Gasteiger partial charge in [0.25, 0.3) is 5.91 Å². The second-order valence-corrected chi connectivity index (χ2v) is 9.26. The van der Waals surface area contributed by atoms with Crippen LogP contribution in [0.2, 0.25) is 0 Å². The summed E-state index contributed by atoms with van der Waals surface area (Å²) in [6.45, 7) is 7.70. The summed E-state index contributed by atoms with van der Waals surface area (Å²) in [6.07, 6.45) is 6.74. The summed E-state index contributed by atoms with van der Waals surface area (Å²) >= 11 is 0. The van der Waals surface area contributed by atoms with E-state index in [1.165, 1.54) is 6.08 Å². The molecule has 3 N–H and O–H groups in total. The number of carbonyl (C=O) groups is 2. The van der Waals surface area contributed by atoms with Crippen LogP contribution in [0, 0.1) is 0 Å². The summed E-state index contributed by atoms with van der Waals surface area (Å²) in [5.41, 5.74) is 6.88. The van der Waals surface area contributed by atoms with E-state index in [9.17, 15) is 9.59 Å². The number of rotatable bonds is 7. The van der Waals surface area contributed by atoms with E-state index < -0.39 is 0 Å². The molecule has 2 aromatic carbocycles. The highest BCUT2D eigenvalue weighted by Crippen LogP contribution is 2.32. The number of nitrogens with one attached hydrogen (secondary N) is 3. The molecule has 0 saturated heterocycles. The van der Waals surface area contributed by atoms with Crippen molar-refractivity contribution in [3.63, 3.8) is 0 Å². The van der Waals surface area contributed by atoms with Crippen LogP contribution in [0.3, 0.4) is 0 Å². The third-order valence-electron chi connectivity index (χ3n) is 6.33. The van der Waals surface area contributed by atoms with Crippen molar-refractivity contribution >= 4 is 34.4 Å². The predicted molar refractivity (Wildman–Crippen MR) is 152 cm³/mol. The second kappa shape index (κ2) is 10.5. The molecule has 3 heterocycles. The first kappa shape index (κ1) is 24.6. The van der Waals surface area contributed by atoms with E-state index in [2.05, 4.69) is 52.1 Å². The monoisotopic (exact) mass is 501 g/mol. The number of carbonyl (C=O) groups excluding carboxylic acids is 2. The van der Waals surface area contributed by atoms with Crippen LogP contribution in [0.15, 0.2) is 98.0 Å². The number of hydrogen-bond acceptors (Lipinski definition) is 4. The van der Waals surface area contributed by atoms with Crippen molar-refractivity contribution in [1.29, 1.82) is 0 Å². The van der Waals surface area contributed by atoms with Crippen LogP contribution < -0.4 is 10.6 Å². The van der Waals surface area contributed by atoms with Crippen LogP contribution in [0.4, 0.5) is 11.5 Å². The van der Waals surface area contributed by atoms with E-state index in [1.54, 1.807) is 24.5 Å². The number of nitrogens with zero attached hydrogens (tertiary/aromatic N) is 2. The molecular weight excluding hydrogens is 474 g/mol. The van der Waals surface area contributed by atoms with Gasteiger partial charge in [0.15, 0.2) is 0 Å². The van der Waals surface area contributed by atoms with E-state index in [1.807, 2.05) is 54.7 Å². The van der Waals surface area contributed by atoms with Gasteiger partial charge in [0, 0.05) is 46.4 Å². The molecule has 5 aromatic rings. The maximum absolute atomic E-state index is 12.8. The molecule has 0 atom stereocenters. The van der Waals surface area contributed by atoms with Crippen molar-refractivity contribution in [2.75, 3.05) is 10.6 Å². The lowest BCUT2D eigenvalue weighted by Gasteiger charge is -2.08. The van der Waals surface area contributed by atoms with Gasteiger partial charge in [0.05, 0.1) is 0 Å². The maximum atomic E-state index is 12.8. The number of aromatic amines is 1. The third kappa shape index (κ3) is 5.22. The van der Waals surface area contributed by atoms with Crippen molar-refractivity contribution in [2.24, 2.45) is 0 Å². The quantitative estimate of drug-likeness (QED) is 0.214. The Bertz CT molecular complexity index is 1630. The van der Waals surface area contributed by atoms with Crippen LogP contribution in [0.5, 0.6) is 0 Å². The average Bonchev–Trinajstić information content (AvgIpc) is 3.37. The van der Waals surface area contributed by atoms with Crippen LogP contribution in [-0.4, -0.2) is 26.8 Å². The molecule has 0 saturated carbocycles. The van der Waals surface area contributed by atoms with Gasteiger partial charge in [0.1, 0.15) is 11.5 Å². The Morgan fingerprint density at radius 2 is 1.71 bits per heavy atom. The van der Waals surface area contributed by atoms with Gasteiger partial charge in [-0.05, 0) is 65.1 Å². The van der Waals surface area contributed by atoms with E-state index in [-0.39, 0.29) is 11.8 Å². The first-order chi connectivity index (χ1) is 18.4. The first-order valence-corrected chi connectivity index (χ1v) is 12.3. The number of pyridine rings is 2. The first-order valence-electron chi connectivity index (χ1n) is 12.3. The molecule has 5 rings (SSSR count). The Morgan fingerprint density at radius 3 is 2.42 bits per heavy atom. The number of amides is 2. The zero-order valence-corrected chi connectivity index (χ0v) is 21.2. The van der Waals surface area contributed by atoms with Crippen molar-refractivity contribution in [3.8, 4) is 22.3 Å². The highest BCUT2D eigenvalue weighted by atomic mass is 16.2. The molecule has 0 aliphatic carbocycles. The van der Waals surface area contributed by atoms with Gasteiger partial charge >= 0.3 is 0 Å². The molecule has 188 valence electrons. The minimum Gasteiger partial charge on any atom is -0.346 e. The Kier molecular flexibility index (Phi) is 6.82. The summed E-state index contributed by atoms with van der Waals surface area (Å²) in [7, 11) is 0. The number of aromatic nitrogens is 3. The molecule has 0 spiro atoms. The van der Waals surface area contributed by atoms with Crippen molar-refractivity contribution < 1.29 is 9.59 Å². The summed E-state index contributed by atoms with van der Waals surface area (Å²) < 4.78 is 0. The van der Waals surface area contributed by atoms with Gasteiger partial charge in [-0.1, -0.05) is 50.8 Å². The summed E-state index contributed by atoms with van der Waals surface area (Å²) in [4.78, 5) is 36.6. The summed E-state index contributed by atoms with van der Waals surface area (Å²) in [5, 5.41) is 6.60. The van der Waals surface area contributed by atoms with Gasteiger partial charge < -0.3 is 15.6 Å². The van der Waals surface area contributed by atoms with E-state index in [0.717, 1.165) is 38.9 Å². The Morgan fingerprint density at radius 1 is 0.895 bits per heavy atom. The molecule has 0 unspecified atom stereocenters. The fraction of sp³-hybridized carbons (Fsp3) is 0.0968. The zero-order chi connectivity index (χ0) is 26.6. The molecule has 3 aromatic heterocycles. The Labute approximate surface area is 220 Å². The number of H-pyrrole nitrogens is 1. The molecule has 0 fully saturated rings. The predicted octanol–water partition coefficient (Wildman–Crippen LogP) is 6.79. The molecule has 38 heavy (non-hydrogen) atoms. The van der Waals surface area contributed by atoms with Gasteiger partial charge in [-0.15, -0.1) is 0 Å². The molecule has 2 amide bonds. The van der Waals surface area contributed by atoms with Gasteiger partial charge in [-0.25, -0.2) is 9.97 Å². The molecule has 0 bridgehead atoms. The fourth-order valence-corrected chi connectivity index (χ4v) is 4.18. The highest BCUT2D eigenvalue weighted by Gasteiger charge is 2.12. The van der Waals surface area contributed by atoms with Gasteiger partial charge in [-0.3, -0.25) is 9.59 Å². The number of anilines is 2. The third-order valence-corrected chi connectivity index (χ3v) is 6.33. The number of benzene rings is 2. The van der Waals surface area contributed by atoms with Gasteiger partial charge in [-0.2, -0.15) is 0 Å². The van der Waals surface area contributed by atoms with Crippen molar-refractivity contribution in [3.05, 3.63) is 109 Å². The fourth-order valence-electron chi connectivity index (χ4n) is 4.18. The van der Waals surface area contributed by atoms with Crippen molar-refractivity contribution in [1.82, 2.24) is 15.0 Å². The van der Waals surface area contributed by atoms with Gasteiger partial charge in [0.2, 0.25) is 5.91 Å². The van der Waals surface area contributed by atoms with Crippen LogP contribution in [0.25, 0.3) is 33.3 Å². The zero-order valence-electron chi connectivity index (χ0n) is 21.2. The summed E-state index contributed by atoms with van der Waals surface area (Å²) in [6, 6.07) is 20.9. The van der Waals surface area contributed by atoms with Crippen LogP contribution >= 0.6 is 0 Å². The van der Waals surface area contributed by atoms with E-state index in [4.69, 9.17) is 0 Å². The molecular formula is C31H27N5O2. The number of fused-ring (bicyclic) bond motifs is 1. The summed E-state index contributed by atoms with van der Waals surface area (Å²) in [5.74, 6) is 0.423. The Balaban J connectivity index is 1.37. The normalized spacial score (nSPS) is 10.9. The highest BCUT2D eigenvalue weighted by molar-refractivity contribution is 6.04. The average molecular weight is 502 g/mol. The molecule has 0 aliphatic heterocycles. The molecule has 7 heteroatoms. The lowest BCUT2D eigenvalue weighted by molar-refractivity contribution is -0.111. The smallest absolute Gasteiger partial charge is 0.256 e. The van der Waals surface area contributed by atoms with E-state index >= 15 is 0 Å². The standard InChI is InChI=1S/C31H27N5O2/c1-4-29(37)35-25-7-5-6-22(14-25)24-15-26-27(18-34-30(26)33-17-24)20-8-10-21(11-9-20)31(38)36-28-13-12-23(16-32-28)19(2)3/h4-19H,1H2,2-3H3,(H,33,34)(H,35,37)(H,32,36,38). The largest absolute Gasteiger partial charge is 0.346 e. The lowest BCUT2D eigenvalue weighted by Crippen LogP contribution is -2.12. The maximum Gasteiger partial charge on any atom is 0.256 e. The number of hydrogen-bond donors (Lipinski definition) is 3. The minimum absolute atomic E-state index is 0.215. The minimum atomic E-state index is -0.263.